The molecule has 5 nitrogen and oxygen atoms in total. The van der Waals surface area contributed by atoms with Crippen LogP contribution in [0.5, 0.6) is 0 Å². The number of carbonyl (C=O) groups is 2. The molecule has 0 saturated carbocycles. The van der Waals surface area contributed by atoms with E-state index in [1.165, 1.54) is 11.4 Å². The largest absolute Gasteiger partial charge is 0.335 e. The number of hydrogen-bond acceptors (Lipinski definition) is 3. The molecule has 1 rings (SSSR count). The molecule has 0 atom stereocenters. The van der Waals surface area contributed by atoms with Gasteiger partial charge in [-0.2, -0.15) is 5.26 Å². The standard InChI is InChI=1S/C10H5F4N3O2/c11-4-3-5(12)7(14)8(6(4)13)17-10(19)9(18)16-2-1-15/h3H,2H2,(H,16,18)(H,17,19). The van der Waals surface area contributed by atoms with Gasteiger partial charge in [0, 0.05) is 6.07 Å². The zero-order valence-electron chi connectivity index (χ0n) is 9.06. The smallest absolute Gasteiger partial charge is 0.313 e. The van der Waals surface area contributed by atoms with E-state index < -0.39 is 47.3 Å². The SMILES string of the molecule is N#CCNC(=O)C(=O)Nc1c(F)c(F)cc(F)c1F. The summed E-state index contributed by atoms with van der Waals surface area (Å²) in [6.07, 6.45) is 0. The number of benzene rings is 1. The van der Waals surface area contributed by atoms with Crippen LogP contribution in [0.25, 0.3) is 0 Å². The van der Waals surface area contributed by atoms with Crippen LogP contribution in [0, 0.1) is 34.6 Å². The van der Waals surface area contributed by atoms with Gasteiger partial charge >= 0.3 is 11.8 Å². The molecule has 0 unspecified atom stereocenters. The summed E-state index contributed by atoms with van der Waals surface area (Å²) in [6, 6.07) is 1.43. The number of hydrogen-bond donors (Lipinski definition) is 2. The molecule has 0 aromatic heterocycles. The van der Waals surface area contributed by atoms with E-state index in [4.69, 9.17) is 5.26 Å². The second kappa shape index (κ2) is 5.81. The lowest BCUT2D eigenvalue weighted by Crippen LogP contribution is -2.36. The highest BCUT2D eigenvalue weighted by atomic mass is 19.2. The topological polar surface area (TPSA) is 82.0 Å². The summed E-state index contributed by atoms with van der Waals surface area (Å²) in [5.74, 6) is -10.1. The van der Waals surface area contributed by atoms with Gasteiger partial charge in [-0.05, 0) is 0 Å². The lowest BCUT2D eigenvalue weighted by atomic mass is 10.2. The summed E-state index contributed by atoms with van der Waals surface area (Å²) in [5, 5.41) is 11.3. The predicted octanol–water partition coefficient (Wildman–Crippen LogP) is 0.821. The number of nitrogens with zero attached hydrogens (tertiary/aromatic N) is 1. The Balaban J connectivity index is 2.98. The van der Waals surface area contributed by atoms with Gasteiger partial charge in [0.05, 0.1) is 6.07 Å². The van der Waals surface area contributed by atoms with Crippen LogP contribution in [0.1, 0.15) is 0 Å². The normalized spacial score (nSPS) is 9.63. The summed E-state index contributed by atoms with van der Waals surface area (Å²) in [7, 11) is 0. The molecule has 0 aliphatic carbocycles. The van der Waals surface area contributed by atoms with Gasteiger partial charge in [-0.3, -0.25) is 9.59 Å². The first kappa shape index (κ1) is 14.4. The molecule has 1 aromatic rings. The molecule has 0 heterocycles. The minimum Gasteiger partial charge on any atom is -0.335 e. The molecule has 0 fully saturated rings. The molecule has 0 spiro atoms. The van der Waals surface area contributed by atoms with Gasteiger partial charge in [0.1, 0.15) is 12.2 Å². The maximum Gasteiger partial charge on any atom is 0.313 e. The molecule has 19 heavy (non-hydrogen) atoms. The number of amides is 2. The Morgan fingerprint density at radius 3 is 2.11 bits per heavy atom. The van der Waals surface area contributed by atoms with Crippen molar-refractivity contribution in [2.24, 2.45) is 0 Å². The number of rotatable bonds is 2. The van der Waals surface area contributed by atoms with Crippen LogP contribution < -0.4 is 10.6 Å². The molecule has 100 valence electrons. The number of nitriles is 1. The Bertz CT molecular complexity index is 557. The van der Waals surface area contributed by atoms with E-state index >= 15 is 0 Å². The zero-order valence-corrected chi connectivity index (χ0v) is 9.06. The first-order chi connectivity index (χ1) is 8.88. The lowest BCUT2D eigenvalue weighted by molar-refractivity contribution is -0.136. The third-order valence-electron chi connectivity index (χ3n) is 1.88. The lowest BCUT2D eigenvalue weighted by Gasteiger charge is -2.08. The Hall–Kier alpha value is -2.63. The van der Waals surface area contributed by atoms with Crippen LogP contribution in [0.4, 0.5) is 23.2 Å². The predicted molar refractivity (Wildman–Crippen MR) is 53.5 cm³/mol. The minimum atomic E-state index is -1.85. The molecule has 2 N–H and O–H groups in total. The van der Waals surface area contributed by atoms with Crippen LogP contribution in [0.15, 0.2) is 6.07 Å². The first-order valence-electron chi connectivity index (χ1n) is 4.67. The van der Waals surface area contributed by atoms with E-state index in [1.807, 2.05) is 0 Å². The van der Waals surface area contributed by atoms with E-state index in [-0.39, 0.29) is 6.07 Å². The van der Waals surface area contributed by atoms with Crippen LogP contribution in [-0.2, 0) is 9.59 Å². The molecule has 0 aliphatic rings. The second-order valence-electron chi connectivity index (χ2n) is 3.14. The quantitative estimate of drug-likeness (QED) is 0.363. The van der Waals surface area contributed by atoms with Crippen LogP contribution in [0.3, 0.4) is 0 Å². The average Bonchev–Trinajstić information content (AvgIpc) is 2.38. The van der Waals surface area contributed by atoms with E-state index in [9.17, 15) is 27.2 Å². The summed E-state index contributed by atoms with van der Waals surface area (Å²) in [4.78, 5) is 22.1. The molecular formula is C10H5F4N3O2. The van der Waals surface area contributed by atoms with Crippen molar-refractivity contribution in [3.63, 3.8) is 0 Å². The highest BCUT2D eigenvalue weighted by molar-refractivity contribution is 6.39. The van der Waals surface area contributed by atoms with Crippen LogP contribution in [0.2, 0.25) is 0 Å². The Kier molecular flexibility index (Phi) is 4.41. The first-order valence-corrected chi connectivity index (χ1v) is 4.67. The monoisotopic (exact) mass is 275 g/mol. The number of carbonyl (C=O) groups excluding carboxylic acids is 2. The van der Waals surface area contributed by atoms with Gasteiger partial charge in [0.15, 0.2) is 23.3 Å². The number of halogens is 4. The summed E-state index contributed by atoms with van der Waals surface area (Å²) in [5.41, 5.74) is -1.42. The van der Waals surface area contributed by atoms with Gasteiger partial charge in [0.2, 0.25) is 0 Å². The van der Waals surface area contributed by atoms with Crippen molar-refractivity contribution in [3.05, 3.63) is 29.3 Å². The van der Waals surface area contributed by atoms with Crippen LogP contribution in [-0.4, -0.2) is 18.4 Å². The van der Waals surface area contributed by atoms with Gasteiger partial charge in [-0.25, -0.2) is 17.6 Å². The highest BCUT2D eigenvalue weighted by Gasteiger charge is 2.23. The number of nitrogens with one attached hydrogen (secondary N) is 2. The molecule has 1 aromatic carbocycles. The van der Waals surface area contributed by atoms with Crippen molar-refractivity contribution in [3.8, 4) is 6.07 Å². The average molecular weight is 275 g/mol. The van der Waals surface area contributed by atoms with E-state index in [0.717, 1.165) is 0 Å². The van der Waals surface area contributed by atoms with Crippen molar-refractivity contribution in [1.82, 2.24) is 5.32 Å². The third-order valence-corrected chi connectivity index (χ3v) is 1.88. The van der Waals surface area contributed by atoms with Gasteiger partial charge in [0.25, 0.3) is 0 Å². The fourth-order valence-corrected chi connectivity index (χ4v) is 1.05. The fraction of sp³-hybridized carbons (Fsp3) is 0.100. The molecule has 9 heteroatoms. The Labute approximate surface area is 103 Å². The van der Waals surface area contributed by atoms with E-state index in [1.54, 1.807) is 5.32 Å². The summed E-state index contributed by atoms with van der Waals surface area (Å²) >= 11 is 0. The molecule has 2 amide bonds. The molecule has 0 bridgehead atoms. The zero-order chi connectivity index (χ0) is 14.6. The van der Waals surface area contributed by atoms with Gasteiger partial charge < -0.3 is 10.6 Å². The fourth-order valence-electron chi connectivity index (χ4n) is 1.05. The van der Waals surface area contributed by atoms with Crippen molar-refractivity contribution < 1.29 is 27.2 Å². The van der Waals surface area contributed by atoms with Crippen molar-refractivity contribution in [2.45, 2.75) is 0 Å². The second-order valence-corrected chi connectivity index (χ2v) is 3.14. The Morgan fingerprint density at radius 1 is 1.11 bits per heavy atom. The maximum absolute atomic E-state index is 13.1. The van der Waals surface area contributed by atoms with Gasteiger partial charge in [-0.1, -0.05) is 0 Å². The molecule has 0 saturated heterocycles. The molecule has 0 aliphatic heterocycles. The van der Waals surface area contributed by atoms with Crippen molar-refractivity contribution in [1.29, 1.82) is 5.26 Å². The highest BCUT2D eigenvalue weighted by Crippen LogP contribution is 2.23. The minimum absolute atomic E-state index is 0.0456. The molecule has 0 radical (unpaired) electrons. The maximum atomic E-state index is 13.1. The number of anilines is 1. The Morgan fingerprint density at radius 2 is 1.63 bits per heavy atom. The van der Waals surface area contributed by atoms with E-state index in [0.29, 0.717) is 0 Å². The van der Waals surface area contributed by atoms with Crippen LogP contribution >= 0.6 is 0 Å². The third kappa shape index (κ3) is 3.19. The summed E-state index contributed by atoms with van der Waals surface area (Å²) < 4.78 is 51.9. The van der Waals surface area contributed by atoms with Crippen molar-refractivity contribution in [2.75, 3.05) is 11.9 Å². The van der Waals surface area contributed by atoms with Crippen molar-refractivity contribution >= 4 is 17.5 Å². The van der Waals surface area contributed by atoms with E-state index in [2.05, 4.69) is 0 Å². The summed E-state index contributed by atoms with van der Waals surface area (Å²) in [6.45, 7) is -0.519. The molecular weight excluding hydrogens is 270 g/mol. The van der Waals surface area contributed by atoms with Gasteiger partial charge in [-0.15, -0.1) is 0 Å².